The summed E-state index contributed by atoms with van der Waals surface area (Å²) in [5, 5.41) is 0.464. The number of hydrogen-bond acceptors (Lipinski definition) is 5. The molecular weight excluding hydrogens is 478 g/mol. The number of amides is 1. The number of hydrogen-bond donors (Lipinski definition) is 0. The summed E-state index contributed by atoms with van der Waals surface area (Å²) >= 11 is 0. The van der Waals surface area contributed by atoms with E-state index >= 15 is 0 Å². The van der Waals surface area contributed by atoms with Crippen LogP contribution < -0.4 is 19.8 Å². The van der Waals surface area contributed by atoms with Crippen molar-refractivity contribution in [1.29, 1.82) is 0 Å². The highest BCUT2D eigenvalue weighted by atomic mass is 16.5. The van der Waals surface area contributed by atoms with E-state index in [-0.39, 0.29) is 17.1 Å². The van der Waals surface area contributed by atoms with Crippen molar-refractivity contribution in [2.75, 3.05) is 18.6 Å². The summed E-state index contributed by atoms with van der Waals surface area (Å²) in [6, 6.07) is 18.1. The van der Waals surface area contributed by atoms with Gasteiger partial charge in [-0.3, -0.25) is 14.5 Å². The molecule has 196 valence electrons. The van der Waals surface area contributed by atoms with Gasteiger partial charge < -0.3 is 13.9 Å². The minimum absolute atomic E-state index is 0.0769. The van der Waals surface area contributed by atoms with Gasteiger partial charge in [-0.1, -0.05) is 56.0 Å². The van der Waals surface area contributed by atoms with Gasteiger partial charge in [0.2, 0.25) is 5.76 Å². The maximum Gasteiger partial charge on any atom is 0.295 e. The number of unbranched alkanes of at least 4 members (excludes halogenated alkanes) is 3. The standard InChI is InChI=1S/C32H33NO5/c1-5-6-7-8-16-37-26-15-13-22(19-27(26)36-4)29-28-30(34)24-18-21(3)12-14-25(24)38-31(28)32(35)33(29)23-11-9-10-20(2)17-23/h9-15,17-19,29H,5-8,16H2,1-4H3. The minimum atomic E-state index is -0.673. The van der Waals surface area contributed by atoms with Crippen LogP contribution in [-0.2, 0) is 0 Å². The number of fused-ring (bicyclic) bond motifs is 2. The molecule has 38 heavy (non-hydrogen) atoms. The third-order valence-electron chi connectivity index (χ3n) is 7.06. The molecule has 0 bridgehead atoms. The Morgan fingerprint density at radius 1 is 0.895 bits per heavy atom. The zero-order valence-electron chi connectivity index (χ0n) is 22.4. The van der Waals surface area contributed by atoms with Crippen LogP contribution in [0.2, 0.25) is 0 Å². The lowest BCUT2D eigenvalue weighted by molar-refractivity contribution is 0.0971. The number of carbonyl (C=O) groups is 1. The number of aryl methyl sites for hydroxylation is 2. The van der Waals surface area contributed by atoms with Gasteiger partial charge in [0.1, 0.15) is 5.58 Å². The smallest absolute Gasteiger partial charge is 0.295 e. The molecule has 0 N–H and O–H groups in total. The Morgan fingerprint density at radius 2 is 1.71 bits per heavy atom. The minimum Gasteiger partial charge on any atom is -0.493 e. The van der Waals surface area contributed by atoms with Gasteiger partial charge in [0.25, 0.3) is 5.91 Å². The Morgan fingerprint density at radius 3 is 2.47 bits per heavy atom. The third-order valence-corrected chi connectivity index (χ3v) is 7.06. The first kappa shape index (κ1) is 25.6. The average Bonchev–Trinajstić information content (AvgIpc) is 3.21. The van der Waals surface area contributed by atoms with Crippen molar-refractivity contribution < 1.29 is 18.7 Å². The zero-order chi connectivity index (χ0) is 26.8. The molecule has 2 heterocycles. The molecule has 1 aromatic heterocycles. The molecular formula is C32H33NO5. The highest BCUT2D eigenvalue weighted by Gasteiger charge is 2.44. The number of benzene rings is 3. The first-order chi connectivity index (χ1) is 18.4. The summed E-state index contributed by atoms with van der Waals surface area (Å²) in [5.74, 6) is 0.933. The predicted octanol–water partition coefficient (Wildman–Crippen LogP) is 7.13. The second-order valence-electron chi connectivity index (χ2n) is 9.91. The summed E-state index contributed by atoms with van der Waals surface area (Å²) in [7, 11) is 1.60. The molecule has 1 aliphatic heterocycles. The van der Waals surface area contributed by atoms with Gasteiger partial charge in [0.15, 0.2) is 16.9 Å². The van der Waals surface area contributed by atoms with E-state index in [1.807, 2.05) is 68.4 Å². The summed E-state index contributed by atoms with van der Waals surface area (Å²) in [6.45, 7) is 6.69. The Balaban J connectivity index is 1.63. The van der Waals surface area contributed by atoms with Crippen LogP contribution in [0, 0.1) is 13.8 Å². The summed E-state index contributed by atoms with van der Waals surface area (Å²) in [6.07, 6.45) is 4.43. The molecule has 0 fully saturated rings. The molecule has 1 amide bonds. The van der Waals surface area contributed by atoms with Crippen LogP contribution >= 0.6 is 0 Å². The lowest BCUT2D eigenvalue weighted by atomic mass is 9.97. The zero-order valence-corrected chi connectivity index (χ0v) is 22.4. The second-order valence-corrected chi connectivity index (χ2v) is 9.91. The van der Waals surface area contributed by atoms with Gasteiger partial charge in [0, 0.05) is 5.69 Å². The Labute approximate surface area is 222 Å². The number of nitrogens with zero attached hydrogens (tertiary/aromatic N) is 1. The Bertz CT molecular complexity index is 1550. The topological polar surface area (TPSA) is 69.0 Å². The molecule has 0 radical (unpaired) electrons. The monoisotopic (exact) mass is 511 g/mol. The molecule has 1 unspecified atom stereocenters. The number of carbonyl (C=O) groups excluding carboxylic acids is 1. The van der Waals surface area contributed by atoms with E-state index in [1.54, 1.807) is 18.1 Å². The molecule has 1 atom stereocenters. The lowest BCUT2D eigenvalue weighted by Crippen LogP contribution is -2.29. The number of ether oxygens (including phenoxy) is 2. The van der Waals surface area contributed by atoms with Crippen molar-refractivity contribution in [3.8, 4) is 11.5 Å². The first-order valence-corrected chi connectivity index (χ1v) is 13.2. The molecule has 0 aliphatic carbocycles. The fourth-order valence-corrected chi connectivity index (χ4v) is 5.13. The fourth-order valence-electron chi connectivity index (χ4n) is 5.13. The van der Waals surface area contributed by atoms with Crippen LogP contribution in [0.15, 0.2) is 69.9 Å². The maximum absolute atomic E-state index is 13.9. The highest BCUT2D eigenvalue weighted by molar-refractivity contribution is 6.10. The predicted molar refractivity (Wildman–Crippen MR) is 150 cm³/mol. The fraction of sp³-hybridized carbons (Fsp3) is 0.312. The largest absolute Gasteiger partial charge is 0.493 e. The van der Waals surface area contributed by atoms with E-state index in [0.717, 1.165) is 29.5 Å². The van der Waals surface area contributed by atoms with E-state index in [9.17, 15) is 9.59 Å². The summed E-state index contributed by atoms with van der Waals surface area (Å²) < 4.78 is 17.8. The van der Waals surface area contributed by atoms with Crippen molar-refractivity contribution in [1.82, 2.24) is 0 Å². The van der Waals surface area contributed by atoms with E-state index < -0.39 is 6.04 Å². The second kappa shape index (κ2) is 10.7. The number of rotatable bonds is 9. The Kier molecular flexibility index (Phi) is 7.23. The molecule has 6 heteroatoms. The lowest BCUT2D eigenvalue weighted by Gasteiger charge is -2.26. The Hall–Kier alpha value is -4.06. The normalized spacial score (nSPS) is 14.7. The maximum atomic E-state index is 13.9. The van der Waals surface area contributed by atoms with Gasteiger partial charge in [-0.05, 0) is 67.8 Å². The SMILES string of the molecule is CCCCCCOc1ccc(C2c3c(oc4ccc(C)cc4c3=O)C(=O)N2c2cccc(C)c2)cc1OC. The first-order valence-electron chi connectivity index (χ1n) is 13.2. The molecule has 0 saturated heterocycles. The van der Waals surface area contributed by atoms with Crippen LogP contribution in [0.5, 0.6) is 11.5 Å². The quantitative estimate of drug-likeness (QED) is 0.224. The van der Waals surface area contributed by atoms with Crippen LogP contribution in [0.3, 0.4) is 0 Å². The van der Waals surface area contributed by atoms with Gasteiger partial charge >= 0.3 is 0 Å². The van der Waals surface area contributed by atoms with E-state index in [0.29, 0.717) is 40.3 Å². The molecule has 0 spiro atoms. The highest BCUT2D eigenvalue weighted by Crippen LogP contribution is 2.43. The molecule has 0 saturated carbocycles. The number of anilines is 1. The van der Waals surface area contributed by atoms with Crippen LogP contribution in [0.1, 0.15) is 71.5 Å². The molecule has 5 rings (SSSR count). The van der Waals surface area contributed by atoms with Crippen molar-refractivity contribution in [3.05, 3.63) is 98.9 Å². The summed E-state index contributed by atoms with van der Waals surface area (Å²) in [5.41, 5.74) is 3.94. The summed E-state index contributed by atoms with van der Waals surface area (Å²) in [4.78, 5) is 29.4. The molecule has 6 nitrogen and oxygen atoms in total. The van der Waals surface area contributed by atoms with Gasteiger partial charge in [-0.2, -0.15) is 0 Å². The van der Waals surface area contributed by atoms with Crippen LogP contribution in [0.4, 0.5) is 5.69 Å². The van der Waals surface area contributed by atoms with Crippen molar-refractivity contribution in [2.24, 2.45) is 0 Å². The number of methoxy groups -OCH3 is 1. The molecule has 4 aromatic rings. The van der Waals surface area contributed by atoms with Gasteiger partial charge in [-0.15, -0.1) is 0 Å². The molecule has 3 aromatic carbocycles. The van der Waals surface area contributed by atoms with Crippen LogP contribution in [-0.4, -0.2) is 19.6 Å². The van der Waals surface area contributed by atoms with Crippen molar-refractivity contribution in [3.63, 3.8) is 0 Å². The van der Waals surface area contributed by atoms with Crippen molar-refractivity contribution in [2.45, 2.75) is 52.5 Å². The third kappa shape index (κ3) is 4.67. The van der Waals surface area contributed by atoms with Crippen LogP contribution in [0.25, 0.3) is 11.0 Å². The van der Waals surface area contributed by atoms with Gasteiger partial charge in [0.05, 0.1) is 30.7 Å². The molecule has 1 aliphatic rings. The van der Waals surface area contributed by atoms with E-state index in [1.165, 1.54) is 12.8 Å². The van der Waals surface area contributed by atoms with Gasteiger partial charge in [-0.25, -0.2) is 0 Å². The average molecular weight is 512 g/mol. The van der Waals surface area contributed by atoms with E-state index in [2.05, 4.69) is 6.92 Å². The van der Waals surface area contributed by atoms with E-state index in [4.69, 9.17) is 13.9 Å². The van der Waals surface area contributed by atoms with Crippen molar-refractivity contribution >= 4 is 22.6 Å².